The Balaban J connectivity index is 1.84. The van der Waals surface area contributed by atoms with Crippen LogP contribution in [0.5, 0.6) is 0 Å². The van der Waals surface area contributed by atoms with E-state index in [1.807, 2.05) is 20.8 Å². The normalized spacial score (nSPS) is 16.7. The van der Waals surface area contributed by atoms with Gasteiger partial charge in [0.1, 0.15) is 6.04 Å². The van der Waals surface area contributed by atoms with Crippen molar-refractivity contribution in [2.45, 2.75) is 51.0 Å². The number of benzene rings is 2. The molecule has 1 saturated heterocycles. The third-order valence-electron chi connectivity index (χ3n) is 5.48. The van der Waals surface area contributed by atoms with Crippen LogP contribution in [0.2, 0.25) is 0 Å². The first-order chi connectivity index (χ1) is 15.8. The van der Waals surface area contributed by atoms with E-state index < -0.39 is 22.0 Å². The highest BCUT2D eigenvalue weighted by atomic mass is 79.9. The SMILES string of the molecule is CC(C)(C)CC(=O)N(CCc1ccc(S(N)(=O)=O)cc1)C1CC(=O)N(c2ccc(Br)cc2)C1=O. The van der Waals surface area contributed by atoms with Crippen molar-refractivity contribution in [3.8, 4) is 0 Å². The molecule has 0 spiro atoms. The molecule has 1 unspecified atom stereocenters. The van der Waals surface area contributed by atoms with Gasteiger partial charge >= 0.3 is 0 Å². The van der Waals surface area contributed by atoms with Crippen LogP contribution >= 0.6 is 15.9 Å². The van der Waals surface area contributed by atoms with Gasteiger partial charge < -0.3 is 4.90 Å². The smallest absolute Gasteiger partial charge is 0.257 e. The number of carbonyl (C=O) groups excluding carboxylic acids is 3. The number of halogens is 1. The minimum Gasteiger partial charge on any atom is -0.330 e. The zero-order valence-electron chi connectivity index (χ0n) is 19.3. The van der Waals surface area contributed by atoms with E-state index in [9.17, 15) is 22.8 Å². The number of primary sulfonamides is 1. The molecule has 0 saturated carbocycles. The number of hydrogen-bond acceptors (Lipinski definition) is 5. The summed E-state index contributed by atoms with van der Waals surface area (Å²) in [7, 11) is -3.80. The molecule has 0 radical (unpaired) electrons. The van der Waals surface area contributed by atoms with Crippen molar-refractivity contribution in [3.63, 3.8) is 0 Å². The quantitative estimate of drug-likeness (QED) is 0.532. The summed E-state index contributed by atoms with van der Waals surface area (Å²) in [5, 5.41) is 5.15. The van der Waals surface area contributed by atoms with Crippen LogP contribution in [0.1, 0.15) is 39.2 Å². The van der Waals surface area contributed by atoms with E-state index in [-0.39, 0.29) is 41.5 Å². The minimum atomic E-state index is -3.80. The average Bonchev–Trinajstić information content (AvgIpc) is 3.01. The molecule has 1 aliphatic heterocycles. The van der Waals surface area contributed by atoms with Gasteiger partial charge in [0.05, 0.1) is 17.0 Å². The van der Waals surface area contributed by atoms with Gasteiger partial charge in [-0.25, -0.2) is 18.5 Å². The molecule has 34 heavy (non-hydrogen) atoms. The van der Waals surface area contributed by atoms with Crippen molar-refractivity contribution in [3.05, 3.63) is 58.6 Å². The molecular weight excluding hydrogens is 522 g/mol. The second-order valence-corrected chi connectivity index (χ2v) is 12.0. The number of amides is 3. The topological polar surface area (TPSA) is 118 Å². The minimum absolute atomic E-state index is 0.00128. The first-order valence-corrected chi connectivity index (χ1v) is 13.1. The number of imide groups is 1. The first-order valence-electron chi connectivity index (χ1n) is 10.8. The van der Waals surface area contributed by atoms with E-state index in [2.05, 4.69) is 15.9 Å². The highest BCUT2D eigenvalue weighted by molar-refractivity contribution is 9.10. The Kier molecular flexibility index (Phi) is 7.64. The summed E-state index contributed by atoms with van der Waals surface area (Å²) in [6.45, 7) is 6.02. The van der Waals surface area contributed by atoms with Crippen molar-refractivity contribution in [2.24, 2.45) is 10.6 Å². The molecule has 0 bridgehead atoms. The highest BCUT2D eigenvalue weighted by Crippen LogP contribution is 2.29. The standard InChI is InChI=1S/C24H28BrN3O5S/c1-24(2,3)15-22(30)27(13-12-16-4-10-19(11-5-16)34(26,32)33)20-14-21(29)28(23(20)31)18-8-6-17(25)7-9-18/h4-11,20H,12-15H2,1-3H3,(H2,26,32,33). The van der Waals surface area contributed by atoms with E-state index >= 15 is 0 Å². The van der Waals surface area contributed by atoms with Crippen LogP contribution in [0.25, 0.3) is 0 Å². The van der Waals surface area contributed by atoms with E-state index in [4.69, 9.17) is 5.14 Å². The van der Waals surface area contributed by atoms with Gasteiger partial charge in [0.2, 0.25) is 21.8 Å². The zero-order chi connectivity index (χ0) is 25.3. The van der Waals surface area contributed by atoms with Gasteiger partial charge in [-0.15, -0.1) is 0 Å². The lowest BCUT2D eigenvalue weighted by Crippen LogP contribution is -2.47. The highest BCUT2D eigenvalue weighted by Gasteiger charge is 2.44. The summed E-state index contributed by atoms with van der Waals surface area (Å²) in [5.74, 6) is -1.000. The van der Waals surface area contributed by atoms with Crippen LogP contribution in [-0.2, 0) is 30.8 Å². The van der Waals surface area contributed by atoms with Gasteiger partial charge in [-0.1, -0.05) is 48.8 Å². The molecule has 0 aromatic heterocycles. The molecule has 8 nitrogen and oxygen atoms in total. The molecule has 1 heterocycles. The van der Waals surface area contributed by atoms with E-state index in [1.165, 1.54) is 17.0 Å². The van der Waals surface area contributed by atoms with Crippen LogP contribution in [-0.4, -0.2) is 43.6 Å². The number of carbonyl (C=O) groups is 3. The largest absolute Gasteiger partial charge is 0.330 e. The fourth-order valence-electron chi connectivity index (χ4n) is 3.83. The third kappa shape index (κ3) is 6.31. The lowest BCUT2D eigenvalue weighted by atomic mass is 9.91. The molecule has 3 amide bonds. The number of sulfonamides is 1. The van der Waals surface area contributed by atoms with Crippen molar-refractivity contribution in [2.75, 3.05) is 11.4 Å². The number of nitrogens with zero attached hydrogens (tertiary/aromatic N) is 2. The molecule has 1 atom stereocenters. The third-order valence-corrected chi connectivity index (χ3v) is 6.94. The van der Waals surface area contributed by atoms with Crippen LogP contribution < -0.4 is 10.0 Å². The summed E-state index contributed by atoms with van der Waals surface area (Å²) >= 11 is 3.34. The summed E-state index contributed by atoms with van der Waals surface area (Å²) in [6.07, 6.45) is 0.514. The molecule has 2 N–H and O–H groups in total. The number of rotatable bonds is 7. The van der Waals surface area contributed by atoms with E-state index in [1.54, 1.807) is 36.4 Å². The predicted octanol–water partition coefficient (Wildman–Crippen LogP) is 3.24. The molecule has 3 rings (SSSR count). The maximum atomic E-state index is 13.3. The maximum absolute atomic E-state index is 13.3. The predicted molar refractivity (Wildman–Crippen MR) is 132 cm³/mol. The molecule has 10 heteroatoms. The summed E-state index contributed by atoms with van der Waals surface area (Å²) in [4.78, 5) is 41.9. The number of hydrogen-bond donors (Lipinski definition) is 1. The maximum Gasteiger partial charge on any atom is 0.257 e. The number of anilines is 1. The van der Waals surface area contributed by atoms with Crippen molar-refractivity contribution >= 4 is 49.4 Å². The average molecular weight is 550 g/mol. The van der Waals surface area contributed by atoms with Crippen molar-refractivity contribution in [1.82, 2.24) is 4.90 Å². The lowest BCUT2D eigenvalue weighted by Gasteiger charge is -2.30. The zero-order valence-corrected chi connectivity index (χ0v) is 21.7. The van der Waals surface area contributed by atoms with Crippen LogP contribution in [0.15, 0.2) is 57.9 Å². The molecule has 182 valence electrons. The van der Waals surface area contributed by atoms with Gasteiger partial charge in [0, 0.05) is 17.4 Å². The second kappa shape index (κ2) is 9.97. The van der Waals surface area contributed by atoms with Crippen LogP contribution in [0, 0.1) is 5.41 Å². The van der Waals surface area contributed by atoms with Crippen molar-refractivity contribution < 1.29 is 22.8 Å². The lowest BCUT2D eigenvalue weighted by molar-refractivity contribution is -0.139. The Labute approximate surface area is 208 Å². The summed E-state index contributed by atoms with van der Waals surface area (Å²) in [6, 6.07) is 12.0. The molecule has 2 aromatic rings. The van der Waals surface area contributed by atoms with Crippen LogP contribution in [0.3, 0.4) is 0 Å². The van der Waals surface area contributed by atoms with E-state index in [0.717, 1.165) is 14.9 Å². The van der Waals surface area contributed by atoms with Gasteiger partial charge in [-0.2, -0.15) is 0 Å². The second-order valence-electron chi connectivity index (χ2n) is 9.53. The molecule has 1 aliphatic rings. The van der Waals surface area contributed by atoms with E-state index in [0.29, 0.717) is 12.1 Å². The molecular formula is C24H28BrN3O5S. The Hall–Kier alpha value is -2.56. The van der Waals surface area contributed by atoms with Gasteiger partial charge in [-0.3, -0.25) is 14.4 Å². The Bertz CT molecular complexity index is 1190. The molecule has 2 aromatic carbocycles. The van der Waals surface area contributed by atoms with Crippen molar-refractivity contribution in [1.29, 1.82) is 0 Å². The first kappa shape index (κ1) is 26.1. The van der Waals surface area contributed by atoms with Crippen LogP contribution in [0.4, 0.5) is 5.69 Å². The van der Waals surface area contributed by atoms with Gasteiger partial charge in [0.25, 0.3) is 5.91 Å². The number of nitrogens with two attached hydrogens (primary N) is 1. The fraction of sp³-hybridized carbons (Fsp3) is 0.375. The van der Waals surface area contributed by atoms with Gasteiger partial charge in [-0.05, 0) is 53.8 Å². The molecule has 0 aliphatic carbocycles. The Morgan fingerprint density at radius 3 is 2.21 bits per heavy atom. The summed E-state index contributed by atoms with van der Waals surface area (Å²) < 4.78 is 23.8. The Morgan fingerprint density at radius 1 is 1.09 bits per heavy atom. The summed E-state index contributed by atoms with van der Waals surface area (Å²) in [5.41, 5.74) is 0.939. The monoisotopic (exact) mass is 549 g/mol. The fourth-order valence-corrected chi connectivity index (χ4v) is 4.61. The molecule has 1 fully saturated rings. The van der Waals surface area contributed by atoms with Gasteiger partial charge in [0.15, 0.2) is 0 Å². The Morgan fingerprint density at radius 2 is 1.68 bits per heavy atom.